The van der Waals surface area contributed by atoms with Crippen LogP contribution in [-0.2, 0) is 94.0 Å². The van der Waals surface area contributed by atoms with Crippen molar-refractivity contribution in [3.05, 3.63) is 230 Å². The van der Waals surface area contributed by atoms with Gasteiger partial charge in [-0.2, -0.15) is 0 Å². The number of Topliss-reactive ketones (excluding diaryl/α,β-unsaturated/α-hetero) is 2. The predicted octanol–water partition coefficient (Wildman–Crippen LogP) is 30.9. The summed E-state index contributed by atoms with van der Waals surface area (Å²) in [6.07, 6.45) is 32.7. The van der Waals surface area contributed by atoms with Gasteiger partial charge in [0.05, 0.1) is 22.3 Å². The first kappa shape index (κ1) is 93.8. The molecule has 12 rings (SSSR count). The van der Waals surface area contributed by atoms with Crippen LogP contribution in [0.3, 0.4) is 0 Å². The van der Waals surface area contributed by atoms with E-state index in [9.17, 15) is 29.7 Å². The quantitative estimate of drug-likeness (QED) is 0.0173. The van der Waals surface area contributed by atoms with Gasteiger partial charge in [0.1, 0.15) is 11.5 Å². The van der Waals surface area contributed by atoms with Crippen molar-refractivity contribution < 1.29 is 102 Å². The first-order valence-corrected chi connectivity index (χ1v) is 46.0. The molecule has 0 spiro atoms. The minimum absolute atomic E-state index is 0. The average Bonchev–Trinajstić information content (AvgIpc) is 0.870. The molecule has 3 N–H and O–H groups in total. The van der Waals surface area contributed by atoms with E-state index in [1.165, 1.54) is 122 Å². The molecule has 3 fully saturated rings. The molecule has 0 saturated heterocycles. The molecule has 0 bridgehead atoms. The zero-order valence-corrected chi connectivity index (χ0v) is 84.3. The van der Waals surface area contributed by atoms with Crippen LogP contribution in [0.25, 0.3) is 66.5 Å². The molecule has 3 aromatic heterocycles. The van der Waals surface area contributed by atoms with Crippen molar-refractivity contribution in [1.82, 2.24) is 15.0 Å². The maximum Gasteiger partial charge on any atom is 0.164 e. The number of pyridine rings is 3. The van der Waals surface area contributed by atoms with E-state index in [1.807, 2.05) is 152 Å². The summed E-state index contributed by atoms with van der Waals surface area (Å²) in [6, 6.07) is 51.5. The summed E-state index contributed by atoms with van der Waals surface area (Å²) in [5.41, 5.74) is 16.2. The summed E-state index contributed by atoms with van der Waals surface area (Å²) in [5.74, 6) is 4.19. The van der Waals surface area contributed by atoms with Crippen molar-refractivity contribution in [3.8, 4) is 33.8 Å². The van der Waals surface area contributed by atoms with Gasteiger partial charge in [-0.25, -0.2) is 0 Å². The fraction of sp³-hybridized carbons (Fsp3) is 0.514. The number of aliphatic hydroxyl groups is 3. The number of benzene rings is 6. The summed E-state index contributed by atoms with van der Waals surface area (Å²) in [7, 11) is 0. The van der Waals surface area contributed by atoms with Gasteiger partial charge in [-0.05, 0) is 180 Å². The molecule has 3 heterocycles. The Hall–Kier alpha value is -6.87. The maximum absolute atomic E-state index is 12.1. The number of hydrogen-bond acceptors (Lipinski definition) is 9. The second kappa shape index (κ2) is 56.4. The van der Waals surface area contributed by atoms with E-state index >= 15 is 0 Å². The number of aliphatic hydroxyl groups excluding tert-OH is 3. The number of allylic oxidation sites excluding steroid dienone is 6. The van der Waals surface area contributed by atoms with Crippen LogP contribution in [0.4, 0.5) is 0 Å². The predicted molar refractivity (Wildman–Crippen MR) is 509 cm³/mol. The van der Waals surface area contributed by atoms with Crippen molar-refractivity contribution in [2.24, 2.45) is 53.3 Å². The summed E-state index contributed by atoms with van der Waals surface area (Å²) >= 11 is 0. The van der Waals surface area contributed by atoms with Crippen LogP contribution in [0.5, 0.6) is 0 Å². The van der Waals surface area contributed by atoms with Crippen LogP contribution < -0.4 is 0 Å². The van der Waals surface area contributed by atoms with E-state index in [0.29, 0.717) is 22.7 Å². The Morgan fingerprint density at radius 1 is 0.374 bits per heavy atom. The van der Waals surface area contributed by atoms with Gasteiger partial charge in [-0.1, -0.05) is 281 Å². The van der Waals surface area contributed by atoms with Crippen LogP contribution in [0.1, 0.15) is 320 Å². The standard InChI is InChI=1S/C25H28N.C23H24N.C22H22N.2C14H26O2.C13H24O2.3Ir/c1-18-14-19(2)16-22(15-18)24-13-12-23-21(10-7-11-25(23)26-24)17-20-8-5-3-4-6-9-20;1-16-12-17(2)14-20(13-16)22-11-10-21-19(8-5-9-23(21)24-22)15-18-6-3-4-7-18;1-15-11-16(2)13-19(12-15)21-10-9-20-18(14-17-5-3-6-17)7-4-8-22(20)23-21;2*1-6-11(7-2)13(15)10(5)14(16)12(8-3)9-4;1-5-10(6-2)12(14)9-13(15)11(7-3)8-4;;;/h7,10-15,20H,3-6,8-9,17H2,1-2H3;5,8-13,18H,3-4,6-7,15H2,1-2H3;4,7-12,17H,3,5-6,14H2,1-2H3;2*11-12,15H,6-9H2,1-5H3;9-11,14H,5-8H2,1-4H3;;;/q3*-1;;;;;;/i3*2D3;;;;;;. The zero-order chi connectivity index (χ0) is 95.0. The first-order chi connectivity index (χ1) is 61.3. The Kier molecular flexibility index (Phi) is 43.0. The molecule has 3 aliphatic rings. The van der Waals surface area contributed by atoms with Gasteiger partial charge in [0.15, 0.2) is 17.3 Å². The van der Waals surface area contributed by atoms with E-state index in [1.54, 1.807) is 32.0 Å². The number of carbonyl (C=O) groups excluding carboxylic acids is 3. The number of fused-ring (bicyclic) bond motifs is 3. The molecule has 0 unspecified atom stereocenters. The van der Waals surface area contributed by atoms with Crippen molar-refractivity contribution in [3.63, 3.8) is 0 Å². The SMILES string of the molecule is CCC(CC)C(=O)C(C)=C(O)C(CC)CC.CCC(CC)C(=O)C(C)=C(O)C(CC)CC.CCC(CC)C(=O)C=C(O)C(CC)CC.[2H]C([2H])([2H])c1[c-]c(-c2ccc3c(CC4CCC4)cccc3n2)cc(C)c1.[2H]C([2H])([2H])c1[c-]c(-c2ccc3c(CC4CCCC4)cccc3n2)cc(C)c1.[2H]C([2H])([2H])c1[c-]c(-c2ccc3c(CC4CCCCCC4)cccc3n2)cc(C)c1.[Ir].[Ir].[Ir]. The zero-order valence-electron chi connectivity index (χ0n) is 86.1. The molecule has 3 aliphatic carbocycles. The molecule has 12 heteroatoms. The minimum Gasteiger partial charge on any atom is -0.512 e. The van der Waals surface area contributed by atoms with Crippen LogP contribution in [0, 0.1) is 113 Å². The van der Waals surface area contributed by atoms with Crippen LogP contribution in [0.15, 0.2) is 162 Å². The molecular weight excluding hydrogens is 2050 g/mol. The fourth-order valence-electron chi connectivity index (χ4n) is 17.5. The van der Waals surface area contributed by atoms with E-state index in [-0.39, 0.29) is 136 Å². The molecule has 0 atom stereocenters. The van der Waals surface area contributed by atoms with Crippen LogP contribution in [0.2, 0.25) is 0 Å². The molecule has 9 nitrogen and oxygen atoms in total. The Bertz CT molecular complexity index is 5130. The Morgan fingerprint density at radius 3 is 0.911 bits per heavy atom. The molecule has 123 heavy (non-hydrogen) atoms. The summed E-state index contributed by atoms with van der Waals surface area (Å²) in [4.78, 5) is 50.3. The molecule has 9 aromatic rings. The fourth-order valence-corrected chi connectivity index (χ4v) is 17.5. The Morgan fingerprint density at radius 2 is 0.650 bits per heavy atom. The molecule has 675 valence electrons. The van der Waals surface area contributed by atoms with E-state index in [0.717, 1.165) is 181 Å². The van der Waals surface area contributed by atoms with Crippen molar-refractivity contribution in [2.75, 3.05) is 0 Å². The third kappa shape index (κ3) is 32.7. The third-order valence-corrected chi connectivity index (χ3v) is 25.6. The Balaban J connectivity index is 0.000000337. The molecule has 6 aromatic carbocycles. The van der Waals surface area contributed by atoms with Gasteiger partial charge in [0.25, 0.3) is 0 Å². The monoisotopic (exact) mass is 2210 g/mol. The van der Waals surface area contributed by atoms with Crippen molar-refractivity contribution in [2.45, 2.75) is 318 Å². The maximum atomic E-state index is 12.1. The third-order valence-electron chi connectivity index (χ3n) is 25.6. The Labute approximate surface area is 796 Å². The molecular formula is C111H150Ir3N3O6-3. The van der Waals surface area contributed by atoms with E-state index in [4.69, 9.17) is 27.3 Å². The van der Waals surface area contributed by atoms with Crippen molar-refractivity contribution in [1.29, 1.82) is 0 Å². The van der Waals surface area contributed by atoms with Crippen molar-refractivity contribution >= 4 is 50.1 Å². The molecule has 3 radical (unpaired) electrons. The number of rotatable bonds is 30. The van der Waals surface area contributed by atoms with E-state index < -0.39 is 20.6 Å². The number of hydrogen-bond donors (Lipinski definition) is 3. The number of aryl methyl sites for hydroxylation is 6. The molecule has 3 saturated carbocycles. The minimum atomic E-state index is -2.16. The van der Waals surface area contributed by atoms with Gasteiger partial charge in [0.2, 0.25) is 0 Å². The number of carbonyl (C=O) groups is 3. The summed E-state index contributed by atoms with van der Waals surface area (Å²) < 4.78 is 69.1. The van der Waals surface area contributed by atoms with Crippen LogP contribution >= 0.6 is 0 Å². The number of nitrogens with zero attached hydrogens (tertiary/aromatic N) is 3. The largest absolute Gasteiger partial charge is 0.512 e. The van der Waals surface area contributed by atoms with Crippen LogP contribution in [-0.4, -0.2) is 47.6 Å². The normalized spacial score (nSPS) is 15.5. The number of ketones is 3. The van der Waals surface area contributed by atoms with Gasteiger partial charge in [-0.3, -0.25) is 29.3 Å². The second-order valence-electron chi connectivity index (χ2n) is 34.2. The molecule has 0 amide bonds. The van der Waals surface area contributed by atoms with Gasteiger partial charge in [0, 0.05) is 142 Å². The first-order valence-electron chi connectivity index (χ1n) is 50.5. The molecule has 0 aliphatic heterocycles. The van der Waals surface area contributed by atoms with E-state index in [2.05, 4.69) is 78.9 Å². The number of aromatic nitrogens is 3. The average molecular weight is 2210 g/mol. The summed E-state index contributed by atoms with van der Waals surface area (Å²) in [5, 5.41) is 33.5. The van der Waals surface area contributed by atoms with Gasteiger partial charge < -0.3 is 15.3 Å². The van der Waals surface area contributed by atoms with Gasteiger partial charge in [-0.15, -0.1) is 105 Å². The second-order valence-corrected chi connectivity index (χ2v) is 34.2. The van der Waals surface area contributed by atoms with Gasteiger partial charge >= 0.3 is 0 Å². The smallest absolute Gasteiger partial charge is 0.164 e. The topological polar surface area (TPSA) is 151 Å². The summed E-state index contributed by atoms with van der Waals surface area (Å²) in [6.45, 7) is 27.1.